The normalized spacial score (nSPS) is 13.9. The van der Waals surface area contributed by atoms with Crippen molar-refractivity contribution in [1.82, 2.24) is 14.9 Å². The highest BCUT2D eigenvalue weighted by Gasteiger charge is 2.29. The molecule has 1 amide bonds. The monoisotopic (exact) mass is 403 g/mol. The molecule has 2 aromatic rings. The van der Waals surface area contributed by atoms with Crippen LogP contribution < -0.4 is 5.32 Å². The van der Waals surface area contributed by atoms with Crippen molar-refractivity contribution in [2.75, 3.05) is 0 Å². The number of nitrogens with zero attached hydrogens (tertiary/aromatic N) is 2. The number of carbonyl (C=O) groups is 1. The molecule has 1 heterocycles. The fourth-order valence-electron chi connectivity index (χ4n) is 2.95. The topological polar surface area (TPSA) is 85.6 Å². The first-order valence-corrected chi connectivity index (χ1v) is 9.96. The van der Waals surface area contributed by atoms with E-state index >= 15 is 0 Å². The molecule has 29 heavy (non-hydrogen) atoms. The maximum absolute atomic E-state index is 12.2. The van der Waals surface area contributed by atoms with Crippen LogP contribution in [0, 0.1) is 5.92 Å². The molecule has 0 saturated heterocycles. The van der Waals surface area contributed by atoms with Crippen molar-refractivity contribution in [2.45, 2.75) is 72.1 Å². The van der Waals surface area contributed by atoms with E-state index < -0.39 is 23.8 Å². The number of hydrogen-bond acceptors (Lipinski definition) is 5. The number of carbonyl (C=O) groups excluding carboxylic acids is 1. The van der Waals surface area contributed by atoms with Crippen LogP contribution in [0.4, 0.5) is 4.79 Å². The molecule has 160 valence electrons. The number of hydrogen-bond donors (Lipinski definition) is 2. The van der Waals surface area contributed by atoms with Gasteiger partial charge in [0.05, 0.1) is 12.6 Å². The molecule has 1 aromatic heterocycles. The SMILES string of the molecule is CC(C)C[C@H](NC(=O)OC(C)(C)C)C(O)c1nccn1COCc1ccccc1. The van der Waals surface area contributed by atoms with Crippen LogP contribution in [0.1, 0.15) is 58.5 Å². The molecule has 2 atom stereocenters. The number of amides is 1. The van der Waals surface area contributed by atoms with Gasteiger partial charge >= 0.3 is 6.09 Å². The molecular formula is C22H33N3O4. The minimum Gasteiger partial charge on any atom is -0.444 e. The molecule has 2 N–H and O–H groups in total. The lowest BCUT2D eigenvalue weighted by Crippen LogP contribution is -2.43. The van der Waals surface area contributed by atoms with E-state index in [9.17, 15) is 9.90 Å². The number of benzene rings is 1. The van der Waals surface area contributed by atoms with E-state index in [2.05, 4.69) is 10.3 Å². The van der Waals surface area contributed by atoms with E-state index in [-0.39, 0.29) is 12.6 Å². The van der Waals surface area contributed by atoms with Gasteiger partial charge in [0.2, 0.25) is 0 Å². The zero-order valence-corrected chi connectivity index (χ0v) is 18.0. The van der Waals surface area contributed by atoms with E-state index in [0.717, 1.165) is 5.56 Å². The molecule has 0 aliphatic heterocycles. The molecule has 0 aliphatic carbocycles. The Morgan fingerprint density at radius 2 is 1.93 bits per heavy atom. The first-order valence-electron chi connectivity index (χ1n) is 9.96. The van der Waals surface area contributed by atoms with Gasteiger partial charge in [-0.3, -0.25) is 0 Å². The second-order valence-electron chi connectivity index (χ2n) is 8.55. The Bertz CT molecular complexity index is 753. The lowest BCUT2D eigenvalue weighted by molar-refractivity contribution is 0.0331. The molecular weight excluding hydrogens is 370 g/mol. The van der Waals surface area contributed by atoms with Crippen LogP contribution in [-0.2, 0) is 22.8 Å². The zero-order chi connectivity index (χ0) is 21.4. The van der Waals surface area contributed by atoms with Crippen LogP contribution in [0.5, 0.6) is 0 Å². The first kappa shape index (κ1) is 22.9. The molecule has 7 heteroatoms. The molecule has 2 rings (SSSR count). The summed E-state index contributed by atoms with van der Waals surface area (Å²) in [5.41, 5.74) is 0.459. The average Bonchev–Trinajstić information content (AvgIpc) is 3.08. The minimum absolute atomic E-state index is 0.252. The summed E-state index contributed by atoms with van der Waals surface area (Å²) in [4.78, 5) is 16.5. The zero-order valence-electron chi connectivity index (χ0n) is 18.0. The molecule has 1 aromatic carbocycles. The van der Waals surface area contributed by atoms with Gasteiger partial charge in [-0.25, -0.2) is 9.78 Å². The largest absolute Gasteiger partial charge is 0.444 e. The fraction of sp³-hybridized carbons (Fsp3) is 0.545. The summed E-state index contributed by atoms with van der Waals surface area (Å²) in [7, 11) is 0. The third-order valence-corrected chi connectivity index (χ3v) is 4.16. The number of ether oxygens (including phenoxy) is 2. The van der Waals surface area contributed by atoms with Gasteiger partial charge in [0, 0.05) is 12.4 Å². The van der Waals surface area contributed by atoms with Crippen LogP contribution in [0.25, 0.3) is 0 Å². The van der Waals surface area contributed by atoms with Crippen molar-refractivity contribution in [3.63, 3.8) is 0 Å². The predicted octanol–water partition coefficient (Wildman–Crippen LogP) is 4.03. The van der Waals surface area contributed by atoms with E-state index in [0.29, 0.717) is 18.9 Å². The number of alkyl carbamates (subject to hydrolysis) is 1. The highest BCUT2D eigenvalue weighted by Crippen LogP contribution is 2.22. The number of imidazole rings is 1. The van der Waals surface area contributed by atoms with Crippen molar-refractivity contribution in [3.8, 4) is 0 Å². The summed E-state index contributed by atoms with van der Waals surface area (Å²) >= 11 is 0. The number of aliphatic hydroxyl groups excluding tert-OH is 1. The number of nitrogens with one attached hydrogen (secondary N) is 1. The Balaban J connectivity index is 2.03. The molecule has 0 aliphatic rings. The van der Waals surface area contributed by atoms with Crippen LogP contribution in [0.15, 0.2) is 42.7 Å². The van der Waals surface area contributed by atoms with Crippen molar-refractivity contribution in [3.05, 3.63) is 54.1 Å². The Labute approximate surface area is 173 Å². The van der Waals surface area contributed by atoms with Crippen LogP contribution in [0.3, 0.4) is 0 Å². The summed E-state index contributed by atoms with van der Waals surface area (Å²) < 4.78 is 12.9. The summed E-state index contributed by atoms with van der Waals surface area (Å²) in [6.45, 7) is 10.2. The summed E-state index contributed by atoms with van der Waals surface area (Å²) in [5.74, 6) is 0.710. The van der Waals surface area contributed by atoms with E-state index in [4.69, 9.17) is 9.47 Å². The van der Waals surface area contributed by atoms with Gasteiger partial charge in [-0.15, -0.1) is 0 Å². The molecule has 0 fully saturated rings. The summed E-state index contributed by atoms with van der Waals surface area (Å²) in [6, 6.07) is 9.34. The highest BCUT2D eigenvalue weighted by molar-refractivity contribution is 5.68. The van der Waals surface area contributed by atoms with E-state index in [1.807, 2.05) is 44.2 Å². The standard InChI is InChI=1S/C22H33N3O4/c1-16(2)13-18(24-21(27)29-22(3,4)5)19(26)20-23-11-12-25(20)15-28-14-17-9-7-6-8-10-17/h6-12,16,18-19,26H,13-15H2,1-5H3,(H,24,27)/t18-,19?/m0/s1. The van der Waals surface area contributed by atoms with Crippen molar-refractivity contribution >= 4 is 6.09 Å². The molecule has 0 bridgehead atoms. The quantitative estimate of drug-likeness (QED) is 0.660. The van der Waals surface area contributed by atoms with Crippen molar-refractivity contribution < 1.29 is 19.4 Å². The second-order valence-corrected chi connectivity index (χ2v) is 8.55. The molecule has 0 spiro atoms. The van der Waals surface area contributed by atoms with Crippen LogP contribution in [0.2, 0.25) is 0 Å². The first-order chi connectivity index (χ1) is 13.7. The fourth-order valence-corrected chi connectivity index (χ4v) is 2.95. The number of rotatable bonds is 9. The van der Waals surface area contributed by atoms with Gasteiger partial charge in [0.1, 0.15) is 24.3 Å². The summed E-state index contributed by atoms with van der Waals surface area (Å²) in [5, 5.41) is 13.8. The van der Waals surface area contributed by atoms with E-state index in [1.54, 1.807) is 37.7 Å². The lowest BCUT2D eigenvalue weighted by Gasteiger charge is -2.27. The lowest BCUT2D eigenvalue weighted by atomic mass is 9.99. The molecule has 0 saturated carbocycles. The predicted molar refractivity (Wildman–Crippen MR) is 111 cm³/mol. The molecule has 7 nitrogen and oxygen atoms in total. The Hall–Kier alpha value is -2.38. The van der Waals surface area contributed by atoms with Crippen molar-refractivity contribution in [1.29, 1.82) is 0 Å². The average molecular weight is 404 g/mol. The number of aromatic nitrogens is 2. The molecule has 1 unspecified atom stereocenters. The van der Waals surface area contributed by atoms with Gasteiger partial charge in [-0.05, 0) is 38.7 Å². The van der Waals surface area contributed by atoms with Crippen molar-refractivity contribution in [2.24, 2.45) is 5.92 Å². The van der Waals surface area contributed by atoms with Gasteiger partial charge in [-0.1, -0.05) is 44.2 Å². The van der Waals surface area contributed by atoms with Gasteiger partial charge < -0.3 is 24.5 Å². The number of aliphatic hydroxyl groups is 1. The molecule has 0 radical (unpaired) electrons. The maximum Gasteiger partial charge on any atom is 0.407 e. The van der Waals surface area contributed by atoms with Gasteiger partial charge in [0.25, 0.3) is 0 Å². The minimum atomic E-state index is -0.986. The smallest absolute Gasteiger partial charge is 0.407 e. The van der Waals surface area contributed by atoms with Gasteiger partial charge in [0.15, 0.2) is 0 Å². The summed E-state index contributed by atoms with van der Waals surface area (Å²) in [6.07, 6.45) is 2.41. The Morgan fingerprint density at radius 1 is 1.24 bits per heavy atom. The third kappa shape index (κ3) is 7.87. The Kier molecular flexibility index (Phi) is 8.22. The van der Waals surface area contributed by atoms with Gasteiger partial charge in [-0.2, -0.15) is 0 Å². The highest BCUT2D eigenvalue weighted by atomic mass is 16.6. The maximum atomic E-state index is 12.2. The van der Waals surface area contributed by atoms with Crippen LogP contribution >= 0.6 is 0 Å². The Morgan fingerprint density at radius 3 is 2.55 bits per heavy atom. The van der Waals surface area contributed by atoms with Crippen LogP contribution in [-0.4, -0.2) is 32.4 Å². The van der Waals surface area contributed by atoms with E-state index in [1.165, 1.54) is 0 Å². The third-order valence-electron chi connectivity index (χ3n) is 4.16. The second kappa shape index (κ2) is 10.4.